The average Bonchev–Trinajstić information content (AvgIpc) is 2.54. The lowest BCUT2D eigenvalue weighted by atomic mass is 10.2. The molecule has 26 heavy (non-hydrogen) atoms. The van der Waals surface area contributed by atoms with Gasteiger partial charge in [-0.3, -0.25) is 40.5 Å². The molecule has 14 nitrogen and oxygen atoms in total. The smallest absolute Gasteiger partial charge is 0.311 e. The highest BCUT2D eigenvalue weighted by Crippen LogP contribution is 2.30. The highest BCUT2D eigenvalue weighted by atomic mass is 16.6. The lowest BCUT2D eigenvalue weighted by Gasteiger charge is -1.94. The third-order valence-corrected chi connectivity index (χ3v) is 2.73. The van der Waals surface area contributed by atoms with Crippen LogP contribution in [0.4, 0.5) is 22.7 Å². The Morgan fingerprint density at radius 3 is 1.08 bits per heavy atom. The van der Waals surface area contributed by atoms with Crippen LogP contribution < -0.4 is 0 Å². The molecule has 0 radical (unpaired) electrons. The number of rotatable bonds is 4. The van der Waals surface area contributed by atoms with Crippen molar-refractivity contribution in [2.24, 2.45) is 0 Å². The third-order valence-electron chi connectivity index (χ3n) is 2.73. The molecule has 14 heteroatoms. The van der Waals surface area contributed by atoms with E-state index in [0.717, 1.165) is 36.4 Å². The first kappa shape index (κ1) is 19.7. The van der Waals surface area contributed by atoms with Crippen LogP contribution in [0, 0.1) is 40.5 Å². The van der Waals surface area contributed by atoms with Gasteiger partial charge >= 0.3 is 11.4 Å². The minimum absolute atomic E-state index is 0.386. The summed E-state index contributed by atoms with van der Waals surface area (Å²) in [5.41, 5.74) is -1.87. The van der Waals surface area contributed by atoms with Gasteiger partial charge in [-0.1, -0.05) is 0 Å². The number of phenolic OH excluding ortho intramolecular Hbond substituents is 2. The number of aromatic hydroxyl groups is 2. The third kappa shape index (κ3) is 4.82. The van der Waals surface area contributed by atoms with Crippen molar-refractivity contribution in [3.63, 3.8) is 0 Å². The molecule has 2 aromatic carbocycles. The van der Waals surface area contributed by atoms with Gasteiger partial charge in [0.05, 0.1) is 31.8 Å². The molecule has 0 unspecified atom stereocenters. The van der Waals surface area contributed by atoms with E-state index in [0.29, 0.717) is 0 Å². The van der Waals surface area contributed by atoms with Gasteiger partial charge in [0.1, 0.15) is 0 Å². The summed E-state index contributed by atoms with van der Waals surface area (Å²) >= 11 is 0. The van der Waals surface area contributed by atoms with Crippen molar-refractivity contribution in [2.45, 2.75) is 0 Å². The van der Waals surface area contributed by atoms with Crippen molar-refractivity contribution in [1.29, 1.82) is 0 Å². The number of non-ortho nitro benzene ring substituents is 2. The Bertz CT molecular complexity index is 824. The Labute approximate surface area is 142 Å². The summed E-state index contributed by atoms with van der Waals surface area (Å²) in [5.74, 6) is -1.42. The minimum Gasteiger partial charge on any atom is -0.502 e. The quantitative estimate of drug-likeness (QED) is 0.593. The lowest BCUT2D eigenvalue weighted by molar-refractivity contribution is -0.389. The highest BCUT2D eigenvalue weighted by Gasteiger charge is 2.18. The van der Waals surface area contributed by atoms with Gasteiger partial charge in [0.25, 0.3) is 11.4 Å². The standard InChI is InChI=1S/2C6H4N2O5/c2*9-6-3-4(7(10)11)1-2-5(6)8(12)13/h2*1-3,9H. The summed E-state index contributed by atoms with van der Waals surface area (Å²) in [5, 5.41) is 58.6. The van der Waals surface area contributed by atoms with Crippen molar-refractivity contribution in [1.82, 2.24) is 0 Å². The van der Waals surface area contributed by atoms with E-state index in [2.05, 4.69) is 0 Å². The number of nitro benzene ring substituents is 4. The molecule has 2 rings (SSSR count). The van der Waals surface area contributed by atoms with Gasteiger partial charge in [-0.15, -0.1) is 0 Å². The summed E-state index contributed by atoms with van der Waals surface area (Å²) in [7, 11) is 0. The van der Waals surface area contributed by atoms with Crippen LogP contribution in [0.15, 0.2) is 36.4 Å². The Balaban J connectivity index is 0.000000260. The molecule has 0 spiro atoms. The normalized spacial score (nSPS) is 9.54. The van der Waals surface area contributed by atoms with Crippen LogP contribution in [-0.4, -0.2) is 29.9 Å². The maximum Gasteiger partial charge on any atom is 0.311 e. The first-order valence-electron chi connectivity index (χ1n) is 6.28. The molecule has 0 heterocycles. The molecule has 0 bridgehead atoms. The fraction of sp³-hybridized carbons (Fsp3) is 0. The summed E-state index contributed by atoms with van der Waals surface area (Å²) < 4.78 is 0. The van der Waals surface area contributed by atoms with Crippen molar-refractivity contribution in [3.8, 4) is 11.5 Å². The fourth-order valence-electron chi connectivity index (χ4n) is 1.56. The van der Waals surface area contributed by atoms with Crippen molar-refractivity contribution in [3.05, 3.63) is 76.9 Å². The Kier molecular flexibility index (Phi) is 6.02. The predicted molar refractivity (Wildman–Crippen MR) is 82.8 cm³/mol. The number of nitrogens with zero attached hydrogens (tertiary/aromatic N) is 4. The van der Waals surface area contributed by atoms with Gasteiger partial charge in [-0.2, -0.15) is 0 Å². The van der Waals surface area contributed by atoms with Gasteiger partial charge in [-0.05, 0) is 0 Å². The van der Waals surface area contributed by atoms with Crippen LogP contribution in [0.3, 0.4) is 0 Å². The van der Waals surface area contributed by atoms with E-state index in [-0.39, 0.29) is 11.4 Å². The van der Waals surface area contributed by atoms with E-state index < -0.39 is 42.6 Å². The predicted octanol–water partition coefficient (Wildman–Crippen LogP) is 2.42. The highest BCUT2D eigenvalue weighted by molar-refractivity contribution is 5.52. The second kappa shape index (κ2) is 7.95. The first-order valence-corrected chi connectivity index (χ1v) is 6.28. The largest absolute Gasteiger partial charge is 0.502 e. The zero-order valence-corrected chi connectivity index (χ0v) is 12.4. The Morgan fingerprint density at radius 1 is 0.577 bits per heavy atom. The Morgan fingerprint density at radius 2 is 0.885 bits per heavy atom. The SMILES string of the molecule is O=[N+]([O-])c1ccc([N+](=O)[O-])c(O)c1.O=[N+]([O-])c1ccc([N+](=O)[O-])c(O)c1. The molecule has 0 atom stereocenters. The number of benzene rings is 2. The van der Waals surface area contributed by atoms with Crippen molar-refractivity contribution < 1.29 is 29.9 Å². The topological polar surface area (TPSA) is 213 Å². The van der Waals surface area contributed by atoms with Gasteiger partial charge in [0.2, 0.25) is 11.5 Å². The van der Waals surface area contributed by atoms with E-state index in [4.69, 9.17) is 10.2 Å². The number of hydrogen-bond acceptors (Lipinski definition) is 10. The molecule has 0 aliphatic heterocycles. The molecule has 0 fully saturated rings. The fourth-order valence-corrected chi connectivity index (χ4v) is 1.56. The number of hydrogen-bond donors (Lipinski definition) is 2. The van der Waals surface area contributed by atoms with Crippen LogP contribution in [-0.2, 0) is 0 Å². The van der Waals surface area contributed by atoms with Gasteiger partial charge in [0, 0.05) is 24.3 Å². The van der Waals surface area contributed by atoms with Crippen LogP contribution >= 0.6 is 0 Å². The molecule has 2 N–H and O–H groups in total. The second-order valence-corrected chi connectivity index (χ2v) is 4.37. The molecular weight excluding hydrogens is 360 g/mol. The van der Waals surface area contributed by atoms with Crippen LogP contribution in [0.25, 0.3) is 0 Å². The van der Waals surface area contributed by atoms with Gasteiger partial charge in [-0.25, -0.2) is 0 Å². The number of nitro groups is 4. The zero-order valence-electron chi connectivity index (χ0n) is 12.4. The second-order valence-electron chi connectivity index (χ2n) is 4.37. The van der Waals surface area contributed by atoms with Crippen LogP contribution in [0.1, 0.15) is 0 Å². The molecule has 0 amide bonds. The summed E-state index contributed by atoms with van der Waals surface area (Å²) in [4.78, 5) is 37.5. The number of phenols is 2. The van der Waals surface area contributed by atoms with Crippen LogP contribution in [0.2, 0.25) is 0 Å². The van der Waals surface area contributed by atoms with E-state index >= 15 is 0 Å². The minimum atomic E-state index is -0.820. The Hall–Kier alpha value is -4.36. The van der Waals surface area contributed by atoms with E-state index in [9.17, 15) is 40.5 Å². The monoisotopic (exact) mass is 368 g/mol. The maximum atomic E-state index is 10.2. The first-order chi connectivity index (χ1) is 12.0. The summed E-state index contributed by atoms with van der Waals surface area (Å²) in [6, 6.07) is 5.15. The molecule has 0 saturated carbocycles. The average molecular weight is 368 g/mol. The lowest BCUT2D eigenvalue weighted by Crippen LogP contribution is -1.91. The molecule has 0 aliphatic rings. The molecule has 0 aliphatic carbocycles. The summed E-state index contributed by atoms with van der Waals surface area (Å²) in [6.45, 7) is 0. The molecule has 0 saturated heterocycles. The van der Waals surface area contributed by atoms with Gasteiger partial charge in [0.15, 0.2) is 0 Å². The van der Waals surface area contributed by atoms with Crippen LogP contribution in [0.5, 0.6) is 11.5 Å². The molecule has 0 aromatic heterocycles. The van der Waals surface area contributed by atoms with E-state index in [1.165, 1.54) is 0 Å². The van der Waals surface area contributed by atoms with Crippen molar-refractivity contribution >= 4 is 22.7 Å². The zero-order chi connectivity index (χ0) is 20.0. The maximum absolute atomic E-state index is 10.2. The van der Waals surface area contributed by atoms with Crippen molar-refractivity contribution in [2.75, 3.05) is 0 Å². The van der Waals surface area contributed by atoms with Gasteiger partial charge < -0.3 is 10.2 Å². The van der Waals surface area contributed by atoms with E-state index in [1.54, 1.807) is 0 Å². The summed E-state index contributed by atoms with van der Waals surface area (Å²) in [6.07, 6.45) is 0. The molecule has 136 valence electrons. The van der Waals surface area contributed by atoms with E-state index in [1.807, 2.05) is 0 Å². The molecule has 2 aromatic rings. The molecular formula is C12H8N4O10.